The van der Waals surface area contributed by atoms with Gasteiger partial charge in [0.25, 0.3) is 0 Å². The number of hydrogen-bond donors (Lipinski definition) is 1. The van der Waals surface area contributed by atoms with Crippen molar-refractivity contribution in [2.75, 3.05) is 44.3 Å². The normalized spacial score (nSPS) is 15.9. The zero-order valence-electron chi connectivity index (χ0n) is 16.8. The van der Waals surface area contributed by atoms with E-state index in [2.05, 4.69) is 35.3 Å². The first-order valence-corrected chi connectivity index (χ1v) is 12.2. The molecule has 1 saturated heterocycles. The van der Waals surface area contributed by atoms with Crippen LogP contribution in [0.1, 0.15) is 11.1 Å². The number of nitrogens with one attached hydrogen (secondary N) is 1. The molecule has 29 heavy (non-hydrogen) atoms. The highest BCUT2D eigenvalue weighted by atomic mass is 32.2. The maximum absolute atomic E-state index is 12.7. The van der Waals surface area contributed by atoms with E-state index in [1.54, 1.807) is 36.0 Å². The third-order valence-corrected chi connectivity index (χ3v) is 7.74. The van der Waals surface area contributed by atoms with Crippen LogP contribution in [-0.4, -0.2) is 62.5 Å². The Morgan fingerprint density at radius 2 is 1.76 bits per heavy atom. The topological polar surface area (TPSA) is 69.7 Å². The van der Waals surface area contributed by atoms with Crippen LogP contribution in [0, 0.1) is 6.92 Å². The molecule has 2 aromatic carbocycles. The lowest BCUT2D eigenvalue weighted by Gasteiger charge is -2.31. The number of carbonyl (C=O) groups is 1. The third kappa shape index (κ3) is 6.05. The molecule has 1 amide bonds. The standard InChI is InChI=1S/C21H27N3O3S2/c1-17-4-3-5-18(14-17)15-28-16-21(25)22-19-6-8-20(9-7-19)29(26,27)24-12-10-23(2)11-13-24/h3-9,14H,10-13,15-16H2,1-2H3,(H,22,25). The van der Waals surface area contributed by atoms with Crippen molar-refractivity contribution in [3.8, 4) is 0 Å². The van der Waals surface area contributed by atoms with Crippen molar-refractivity contribution in [1.82, 2.24) is 9.21 Å². The summed E-state index contributed by atoms with van der Waals surface area (Å²) in [6.45, 7) is 4.50. The highest BCUT2D eigenvalue weighted by molar-refractivity contribution is 7.99. The SMILES string of the molecule is Cc1cccc(CSCC(=O)Nc2ccc(S(=O)(=O)N3CCN(C)CC3)cc2)c1. The number of sulfonamides is 1. The zero-order valence-corrected chi connectivity index (χ0v) is 18.4. The highest BCUT2D eigenvalue weighted by Crippen LogP contribution is 2.20. The van der Waals surface area contributed by atoms with E-state index in [0.717, 1.165) is 18.8 Å². The van der Waals surface area contributed by atoms with E-state index in [4.69, 9.17) is 0 Å². The van der Waals surface area contributed by atoms with Gasteiger partial charge in [-0.2, -0.15) is 4.31 Å². The molecule has 0 spiro atoms. The van der Waals surface area contributed by atoms with Crippen LogP contribution in [0.3, 0.4) is 0 Å². The number of likely N-dealkylation sites (N-methyl/N-ethyl adjacent to an activating group) is 1. The van der Waals surface area contributed by atoms with Gasteiger partial charge < -0.3 is 10.2 Å². The van der Waals surface area contributed by atoms with Crippen LogP contribution in [0.15, 0.2) is 53.4 Å². The van der Waals surface area contributed by atoms with Crippen molar-refractivity contribution in [3.63, 3.8) is 0 Å². The number of piperazine rings is 1. The van der Waals surface area contributed by atoms with Gasteiger partial charge in [-0.15, -0.1) is 11.8 Å². The molecule has 1 heterocycles. The molecule has 1 aliphatic rings. The van der Waals surface area contributed by atoms with Crippen molar-refractivity contribution >= 4 is 33.4 Å². The van der Waals surface area contributed by atoms with Crippen molar-refractivity contribution in [2.45, 2.75) is 17.6 Å². The predicted octanol–water partition coefficient (Wildman–Crippen LogP) is 2.80. The number of nitrogens with zero attached hydrogens (tertiary/aromatic N) is 2. The average molecular weight is 434 g/mol. The molecule has 6 nitrogen and oxygen atoms in total. The lowest BCUT2D eigenvalue weighted by atomic mass is 10.2. The molecule has 1 N–H and O–H groups in total. The Labute approximate surface area is 177 Å². The average Bonchev–Trinajstić information content (AvgIpc) is 2.69. The van der Waals surface area contributed by atoms with Gasteiger partial charge in [-0.25, -0.2) is 8.42 Å². The molecule has 156 valence electrons. The van der Waals surface area contributed by atoms with Gasteiger partial charge in [0.05, 0.1) is 10.6 Å². The minimum absolute atomic E-state index is 0.0997. The molecule has 0 radical (unpaired) electrons. The molecule has 0 unspecified atom stereocenters. The second-order valence-electron chi connectivity index (χ2n) is 7.26. The molecule has 3 rings (SSSR count). The highest BCUT2D eigenvalue weighted by Gasteiger charge is 2.27. The molecule has 8 heteroatoms. The fourth-order valence-corrected chi connectivity index (χ4v) is 5.35. The second kappa shape index (κ2) is 9.75. The van der Waals surface area contributed by atoms with Crippen molar-refractivity contribution in [3.05, 3.63) is 59.7 Å². The first kappa shape index (κ1) is 21.8. The first-order chi connectivity index (χ1) is 13.8. The van der Waals surface area contributed by atoms with Crippen LogP contribution in [0.2, 0.25) is 0 Å². The van der Waals surface area contributed by atoms with Gasteiger partial charge in [0.15, 0.2) is 0 Å². The molecule has 0 aliphatic carbocycles. The number of amides is 1. The van der Waals surface area contributed by atoms with Crippen molar-refractivity contribution in [2.24, 2.45) is 0 Å². The smallest absolute Gasteiger partial charge is 0.243 e. The summed E-state index contributed by atoms with van der Waals surface area (Å²) in [5, 5.41) is 2.83. The summed E-state index contributed by atoms with van der Waals surface area (Å²) in [6.07, 6.45) is 0. The van der Waals surface area contributed by atoms with Gasteiger partial charge in [0.1, 0.15) is 0 Å². The molecular weight excluding hydrogens is 406 g/mol. The molecule has 0 bridgehead atoms. The molecule has 1 aliphatic heterocycles. The summed E-state index contributed by atoms with van der Waals surface area (Å²) in [7, 11) is -1.50. The Hall–Kier alpha value is -1.87. The molecule has 0 atom stereocenters. The number of anilines is 1. The monoisotopic (exact) mass is 433 g/mol. The molecule has 0 saturated carbocycles. The lowest BCUT2D eigenvalue weighted by molar-refractivity contribution is -0.113. The predicted molar refractivity (Wildman–Crippen MR) is 119 cm³/mol. The fourth-order valence-electron chi connectivity index (χ4n) is 3.15. The maximum atomic E-state index is 12.7. The number of carbonyl (C=O) groups excluding carboxylic acids is 1. The first-order valence-electron chi connectivity index (χ1n) is 9.56. The summed E-state index contributed by atoms with van der Waals surface area (Å²) in [6, 6.07) is 14.6. The number of hydrogen-bond acceptors (Lipinski definition) is 5. The summed E-state index contributed by atoms with van der Waals surface area (Å²) >= 11 is 1.55. The van der Waals surface area contributed by atoms with Crippen LogP contribution in [0.4, 0.5) is 5.69 Å². The quantitative estimate of drug-likeness (QED) is 0.727. The van der Waals surface area contributed by atoms with E-state index in [0.29, 0.717) is 24.5 Å². The van der Waals surface area contributed by atoms with E-state index in [-0.39, 0.29) is 10.8 Å². The Morgan fingerprint density at radius 3 is 2.41 bits per heavy atom. The number of aryl methyl sites for hydroxylation is 1. The minimum atomic E-state index is -3.49. The van der Waals surface area contributed by atoms with Gasteiger partial charge in [0, 0.05) is 37.6 Å². The summed E-state index contributed by atoms with van der Waals surface area (Å²) in [4.78, 5) is 14.5. The van der Waals surface area contributed by atoms with Crippen LogP contribution < -0.4 is 5.32 Å². The Balaban J connectivity index is 1.51. The molecule has 2 aromatic rings. The van der Waals surface area contributed by atoms with Gasteiger partial charge in [-0.1, -0.05) is 29.8 Å². The van der Waals surface area contributed by atoms with Crippen LogP contribution >= 0.6 is 11.8 Å². The summed E-state index contributed by atoms with van der Waals surface area (Å²) in [5.74, 6) is 1.02. The van der Waals surface area contributed by atoms with Crippen LogP contribution in [0.25, 0.3) is 0 Å². The van der Waals surface area contributed by atoms with Gasteiger partial charge in [0.2, 0.25) is 15.9 Å². The van der Waals surface area contributed by atoms with E-state index >= 15 is 0 Å². The summed E-state index contributed by atoms with van der Waals surface area (Å²) < 4.78 is 27.0. The molecular formula is C21H27N3O3S2. The lowest BCUT2D eigenvalue weighted by Crippen LogP contribution is -2.46. The Morgan fingerprint density at radius 1 is 1.07 bits per heavy atom. The molecule has 0 aromatic heterocycles. The van der Waals surface area contributed by atoms with E-state index < -0.39 is 10.0 Å². The Kier molecular flexibility index (Phi) is 7.34. The van der Waals surface area contributed by atoms with E-state index in [9.17, 15) is 13.2 Å². The summed E-state index contributed by atoms with van der Waals surface area (Å²) in [5.41, 5.74) is 3.00. The fraction of sp³-hybridized carbons (Fsp3) is 0.381. The second-order valence-corrected chi connectivity index (χ2v) is 10.2. The third-order valence-electron chi connectivity index (χ3n) is 4.82. The number of rotatable bonds is 7. The van der Waals surface area contributed by atoms with Crippen molar-refractivity contribution < 1.29 is 13.2 Å². The van der Waals surface area contributed by atoms with Gasteiger partial charge >= 0.3 is 0 Å². The van der Waals surface area contributed by atoms with E-state index in [1.807, 2.05) is 13.1 Å². The van der Waals surface area contributed by atoms with Gasteiger partial charge in [-0.05, 0) is 43.8 Å². The van der Waals surface area contributed by atoms with Crippen molar-refractivity contribution in [1.29, 1.82) is 0 Å². The van der Waals surface area contributed by atoms with Gasteiger partial charge in [-0.3, -0.25) is 4.79 Å². The number of thioether (sulfide) groups is 1. The van der Waals surface area contributed by atoms with Crippen LogP contribution in [-0.2, 0) is 20.6 Å². The largest absolute Gasteiger partial charge is 0.325 e. The Bertz CT molecular complexity index is 938. The zero-order chi connectivity index (χ0) is 20.9. The maximum Gasteiger partial charge on any atom is 0.243 e. The number of benzene rings is 2. The van der Waals surface area contributed by atoms with E-state index in [1.165, 1.54) is 15.4 Å². The minimum Gasteiger partial charge on any atom is -0.325 e. The van der Waals surface area contributed by atoms with Crippen LogP contribution in [0.5, 0.6) is 0 Å². The molecule has 1 fully saturated rings.